The van der Waals surface area contributed by atoms with E-state index in [1.165, 1.54) is 48.6 Å². The third-order valence-corrected chi connectivity index (χ3v) is 12.7. The Kier molecular flexibility index (Phi) is 20.9. The number of nitrogens with one attached hydrogen (secondary N) is 1. The van der Waals surface area contributed by atoms with Crippen LogP contribution in [0.15, 0.2) is 127 Å². The Morgan fingerprint density at radius 2 is 1.32 bits per heavy atom. The Morgan fingerprint density at radius 1 is 0.785 bits per heavy atom. The van der Waals surface area contributed by atoms with Gasteiger partial charge in [-0.05, 0) is 152 Å². The van der Waals surface area contributed by atoms with Gasteiger partial charge in [0.25, 0.3) is 0 Å². The van der Waals surface area contributed by atoms with Crippen LogP contribution in [0.3, 0.4) is 0 Å². The molecule has 2 aliphatic rings. The van der Waals surface area contributed by atoms with Gasteiger partial charge in [0.05, 0.1) is 15.5 Å². The van der Waals surface area contributed by atoms with Crippen LogP contribution >= 0.6 is 69.6 Å². The third kappa shape index (κ3) is 15.3. The Labute approximate surface area is 408 Å². The van der Waals surface area contributed by atoms with Crippen molar-refractivity contribution in [3.8, 4) is 0 Å². The van der Waals surface area contributed by atoms with Crippen molar-refractivity contribution in [2.75, 3.05) is 0 Å². The Morgan fingerprint density at radius 3 is 1.83 bits per heavy atom. The monoisotopic (exact) mass is 1000 g/mol. The number of benzene rings is 5. The van der Waals surface area contributed by atoms with Crippen molar-refractivity contribution in [1.82, 2.24) is 5.32 Å². The van der Waals surface area contributed by atoms with E-state index in [-0.39, 0.29) is 57.8 Å². The molecule has 1 aliphatic heterocycles. The molecule has 342 valence electrons. The van der Waals surface area contributed by atoms with Crippen molar-refractivity contribution < 1.29 is 27.6 Å². The van der Waals surface area contributed by atoms with E-state index in [1.54, 1.807) is 24.3 Å². The number of nitrogens with two attached hydrogens (primary N) is 1. The lowest BCUT2D eigenvalue weighted by atomic mass is 9.54. The summed E-state index contributed by atoms with van der Waals surface area (Å²) in [5.74, 6) is -0.626. The van der Waals surface area contributed by atoms with Crippen LogP contribution in [0.5, 0.6) is 0 Å². The van der Waals surface area contributed by atoms with Crippen molar-refractivity contribution in [2.24, 2.45) is 17.1 Å². The van der Waals surface area contributed by atoms with Crippen LogP contribution in [0, 0.1) is 28.8 Å². The molecule has 1 saturated heterocycles. The molecule has 1 amide bonds. The number of carbonyl (C=O) groups excluding carboxylic acids is 3. The van der Waals surface area contributed by atoms with Crippen LogP contribution in [0.1, 0.15) is 84.5 Å². The van der Waals surface area contributed by atoms with Gasteiger partial charge in [-0.15, -0.1) is 0 Å². The van der Waals surface area contributed by atoms with Crippen LogP contribution in [0.25, 0.3) is 12.2 Å². The first-order valence-electron chi connectivity index (χ1n) is 20.5. The van der Waals surface area contributed by atoms with E-state index in [4.69, 9.17) is 75.3 Å². The average molecular weight is 1010 g/mol. The largest absolute Gasteiger partial charge is 0.353 e. The van der Waals surface area contributed by atoms with E-state index >= 15 is 0 Å². The van der Waals surface area contributed by atoms with E-state index in [2.05, 4.69) is 31.3 Å². The summed E-state index contributed by atoms with van der Waals surface area (Å²) < 4.78 is 38.6. The van der Waals surface area contributed by atoms with Gasteiger partial charge >= 0.3 is 0 Å². The van der Waals surface area contributed by atoms with Gasteiger partial charge in [-0.1, -0.05) is 132 Å². The normalized spacial score (nSPS) is 20.4. The number of halogens is 9. The predicted molar refractivity (Wildman–Crippen MR) is 263 cm³/mol. The van der Waals surface area contributed by atoms with Crippen LogP contribution in [0.2, 0.25) is 25.1 Å². The molecule has 7 rings (SSSR count). The molecule has 3 N–H and O–H groups in total. The molecule has 65 heavy (non-hydrogen) atoms. The second-order valence-electron chi connectivity index (χ2n) is 15.4. The maximum Gasteiger partial charge on any atom is 0.245 e. The SMILES string of the molecule is CC[C@@]12CC[C@@H](c3ccc(F)cc3Cl)[C@H](c3ccc(Cl)cc3)[C@@H]1[C@@H](C)NC2=O.C[C@@H](N)/C=C\c1ccc(Cl)cc1.O=C(Cl)/C=C/C=C/c1ccc(F)cc1Cl.O=Cc1ccc(F)cc1Cl. The summed E-state index contributed by atoms with van der Waals surface area (Å²) in [6.45, 7) is 6.14. The average Bonchev–Trinajstić information content (AvgIpc) is 3.52. The molecule has 0 aromatic heterocycles. The van der Waals surface area contributed by atoms with Gasteiger partial charge in [-0.25, -0.2) is 13.2 Å². The second-order valence-corrected chi connectivity index (χ2v) is 17.9. The summed E-state index contributed by atoms with van der Waals surface area (Å²) in [7, 11) is 0. The van der Waals surface area contributed by atoms with Gasteiger partial charge in [-0.2, -0.15) is 0 Å². The number of aldehydes is 1. The predicted octanol–water partition coefficient (Wildman–Crippen LogP) is 15.1. The third-order valence-electron chi connectivity index (χ3n) is 11.1. The standard InChI is InChI=1S/C23H24Cl2FNO.C11H7Cl2FO.C10H12ClN.C7H4ClFO/c1-3-23-11-10-18(17-9-8-16(26)12-19(17)25)20(14-4-6-15(24)7-5-14)21(23)13(2)27-22(23)28;12-10-7-9(14)6-5-8(10)3-1-2-4-11(13)15;1-8(12)2-3-9-4-6-10(11)7-5-9;8-7-3-6(9)2-1-5(7)4-10/h4-9,12-13,18,20-21H,3,10-11H2,1-2H3,(H,27,28);1-7H;2-8H,12H2,1H3;1-4H/b;3-1+,4-2+;3-2-;/t13-,18+,20+,21+,23-;;8-;/m1.1./s1. The first-order valence-corrected chi connectivity index (χ1v) is 22.8. The molecule has 1 heterocycles. The van der Waals surface area contributed by atoms with E-state index in [1.807, 2.05) is 55.5 Å². The highest BCUT2D eigenvalue weighted by Gasteiger charge is 2.59. The van der Waals surface area contributed by atoms with E-state index in [0.717, 1.165) is 47.0 Å². The van der Waals surface area contributed by atoms with Crippen molar-refractivity contribution in [1.29, 1.82) is 0 Å². The first kappa shape index (κ1) is 53.2. The fraction of sp³-hybridized carbons (Fsp3) is 0.235. The quantitative estimate of drug-likeness (QED) is 0.0666. The lowest BCUT2D eigenvalue weighted by Gasteiger charge is -2.47. The van der Waals surface area contributed by atoms with E-state index in [0.29, 0.717) is 32.5 Å². The second kappa shape index (κ2) is 25.5. The topological polar surface area (TPSA) is 89.3 Å². The Bertz CT molecular complexity index is 2500. The van der Waals surface area contributed by atoms with E-state index < -0.39 is 11.1 Å². The summed E-state index contributed by atoms with van der Waals surface area (Å²) in [5.41, 5.74) is 9.40. The van der Waals surface area contributed by atoms with Crippen molar-refractivity contribution in [3.05, 3.63) is 198 Å². The molecule has 5 aromatic rings. The lowest BCUT2D eigenvalue weighted by Crippen LogP contribution is -2.43. The number of allylic oxidation sites excluding steroid dienone is 3. The van der Waals surface area contributed by atoms with E-state index in [9.17, 15) is 27.6 Å². The number of amides is 1. The zero-order valence-electron chi connectivity index (χ0n) is 35.6. The molecule has 5 aromatic carbocycles. The highest BCUT2D eigenvalue weighted by atomic mass is 35.5. The molecule has 1 aliphatic carbocycles. The minimum absolute atomic E-state index is 0.0650. The molecule has 0 unspecified atom stereocenters. The molecule has 5 nitrogen and oxygen atoms in total. The lowest BCUT2D eigenvalue weighted by molar-refractivity contribution is -0.131. The molecule has 14 heteroatoms. The Balaban J connectivity index is 0.000000210. The van der Waals surface area contributed by atoms with Crippen LogP contribution < -0.4 is 11.1 Å². The molecule has 1 saturated carbocycles. The minimum atomic E-state index is -0.551. The highest BCUT2D eigenvalue weighted by Crippen LogP contribution is 2.60. The van der Waals surface area contributed by atoms with Crippen LogP contribution in [0.4, 0.5) is 13.2 Å². The van der Waals surface area contributed by atoms with Gasteiger partial charge in [0.15, 0.2) is 6.29 Å². The number of rotatable bonds is 9. The van der Waals surface area contributed by atoms with Gasteiger partial charge in [0.1, 0.15) is 17.5 Å². The first-order chi connectivity index (χ1) is 30.9. The Hall–Kier alpha value is -4.38. The molecule has 0 bridgehead atoms. The van der Waals surface area contributed by atoms with Crippen LogP contribution in [-0.2, 0) is 9.59 Å². The maximum absolute atomic E-state index is 13.7. The minimum Gasteiger partial charge on any atom is -0.353 e. The number of carbonyl (C=O) groups is 3. The summed E-state index contributed by atoms with van der Waals surface area (Å²) in [4.78, 5) is 33.4. The van der Waals surface area contributed by atoms with Crippen molar-refractivity contribution >= 4 is 99.2 Å². The molecule has 2 fully saturated rings. The smallest absolute Gasteiger partial charge is 0.245 e. The number of hydrogen-bond acceptors (Lipinski definition) is 4. The maximum atomic E-state index is 13.7. The summed E-state index contributed by atoms with van der Waals surface area (Å²) in [5, 5.41) is 5.01. The molecule has 6 atom stereocenters. The molecular formula is C51H47Cl6F3N2O3. The number of fused-ring (bicyclic) bond motifs is 1. The van der Waals surface area contributed by atoms with Crippen molar-refractivity contribution in [3.63, 3.8) is 0 Å². The van der Waals surface area contributed by atoms with Crippen LogP contribution in [-0.4, -0.2) is 29.5 Å². The molecule has 0 spiro atoms. The van der Waals surface area contributed by atoms with Gasteiger partial charge in [0, 0.05) is 38.6 Å². The fourth-order valence-electron chi connectivity index (χ4n) is 8.06. The molecule has 0 radical (unpaired) electrons. The summed E-state index contributed by atoms with van der Waals surface area (Å²) in [6.07, 6.45) is 12.9. The van der Waals surface area contributed by atoms with Gasteiger partial charge in [-0.3, -0.25) is 14.4 Å². The summed E-state index contributed by atoms with van der Waals surface area (Å²) >= 11 is 34.6. The molecular weight excluding hydrogens is 958 g/mol. The zero-order valence-corrected chi connectivity index (χ0v) is 40.1. The zero-order chi connectivity index (χ0) is 47.8. The number of hydrogen-bond donors (Lipinski definition) is 2. The van der Waals surface area contributed by atoms with Gasteiger partial charge < -0.3 is 11.1 Å². The van der Waals surface area contributed by atoms with Crippen molar-refractivity contribution in [2.45, 2.75) is 64.0 Å². The fourth-order valence-corrected chi connectivity index (χ4v) is 9.13. The van der Waals surface area contributed by atoms with Gasteiger partial charge in [0.2, 0.25) is 11.1 Å². The summed E-state index contributed by atoms with van der Waals surface area (Å²) in [6, 6.07) is 28.1. The highest BCUT2D eigenvalue weighted by molar-refractivity contribution is 6.66.